The number of benzene rings is 2. The van der Waals surface area contributed by atoms with Gasteiger partial charge in [0, 0.05) is 28.5 Å². The van der Waals surface area contributed by atoms with E-state index in [1.807, 2.05) is 0 Å². The first kappa shape index (κ1) is 21.2. The molecule has 8 heteroatoms. The van der Waals surface area contributed by atoms with Crippen LogP contribution in [0.15, 0.2) is 53.5 Å². The Balaban J connectivity index is 1.73. The van der Waals surface area contributed by atoms with Crippen LogP contribution < -0.4 is 10.4 Å². The van der Waals surface area contributed by atoms with E-state index in [1.165, 1.54) is 16.1 Å². The molecule has 1 N–H and O–H groups in total. The molecule has 0 bridgehead atoms. The van der Waals surface area contributed by atoms with E-state index in [0.29, 0.717) is 32.7 Å². The maximum absolute atomic E-state index is 12.8. The highest BCUT2D eigenvalue weighted by Gasteiger charge is 2.15. The predicted molar refractivity (Wildman–Crippen MR) is 113 cm³/mol. The van der Waals surface area contributed by atoms with Gasteiger partial charge in [0.25, 0.3) is 0 Å². The summed E-state index contributed by atoms with van der Waals surface area (Å²) in [6, 6.07) is 11.6. The van der Waals surface area contributed by atoms with Gasteiger partial charge >= 0.3 is 5.69 Å². The first-order valence-electron chi connectivity index (χ1n) is 8.92. The first-order chi connectivity index (χ1) is 13.8. The zero-order valence-corrected chi connectivity index (χ0v) is 17.4. The topological polar surface area (TPSA) is 73.5 Å². The van der Waals surface area contributed by atoms with Gasteiger partial charge in [-0.25, -0.2) is 4.79 Å². The number of rotatable bonds is 7. The zero-order chi connectivity index (χ0) is 21.1. The Morgan fingerprint density at radius 2 is 1.86 bits per heavy atom. The number of Topliss-reactive ketones (excluding diaryl/α,β-unsaturated/α-hetero) is 1. The quantitative estimate of drug-likeness (QED) is 0.572. The number of ether oxygens (including phenoxy) is 1. The van der Waals surface area contributed by atoms with Crippen molar-refractivity contribution in [1.29, 1.82) is 0 Å². The molecule has 1 heterocycles. The molecule has 3 aromatic rings. The lowest BCUT2D eigenvalue weighted by molar-refractivity contribution is 0.0916. The summed E-state index contributed by atoms with van der Waals surface area (Å²) in [5, 5.41) is 11.2. The van der Waals surface area contributed by atoms with Crippen LogP contribution in [0.3, 0.4) is 0 Å². The second kappa shape index (κ2) is 8.86. The summed E-state index contributed by atoms with van der Waals surface area (Å²) >= 11 is 12.0. The summed E-state index contributed by atoms with van der Waals surface area (Å²) in [5.74, 6) is 0.325. The van der Waals surface area contributed by atoms with Gasteiger partial charge in [0.15, 0.2) is 5.78 Å². The average Bonchev–Trinajstić information content (AvgIpc) is 2.95. The molecular formula is C21H20Cl2N2O4. The third-order valence-corrected chi connectivity index (χ3v) is 4.94. The monoisotopic (exact) mass is 434 g/mol. The molecule has 0 aliphatic rings. The van der Waals surface area contributed by atoms with Gasteiger partial charge in [0.2, 0.25) is 0 Å². The molecule has 1 atom stereocenters. The van der Waals surface area contributed by atoms with Gasteiger partial charge in [-0.1, -0.05) is 23.2 Å². The first-order valence-corrected chi connectivity index (χ1v) is 9.68. The minimum Gasteiger partial charge on any atom is -0.489 e. The van der Waals surface area contributed by atoms with Crippen molar-refractivity contribution in [2.45, 2.75) is 26.5 Å². The Bertz CT molecular complexity index is 1090. The van der Waals surface area contributed by atoms with E-state index in [0.717, 1.165) is 0 Å². The Labute approximate surface area is 177 Å². The fourth-order valence-electron chi connectivity index (χ4n) is 2.96. The van der Waals surface area contributed by atoms with Gasteiger partial charge in [-0.2, -0.15) is 0 Å². The zero-order valence-electron chi connectivity index (χ0n) is 15.9. The maximum Gasteiger partial charge on any atom is 0.333 e. The average molecular weight is 435 g/mol. The van der Waals surface area contributed by atoms with Gasteiger partial charge in [-0.3, -0.25) is 13.9 Å². The summed E-state index contributed by atoms with van der Waals surface area (Å²) in [4.78, 5) is 24.2. The highest BCUT2D eigenvalue weighted by Crippen LogP contribution is 2.27. The maximum atomic E-state index is 12.8. The molecule has 0 saturated carbocycles. The smallest absolute Gasteiger partial charge is 0.333 e. The van der Waals surface area contributed by atoms with Crippen LogP contribution in [0.5, 0.6) is 5.75 Å². The van der Waals surface area contributed by atoms with E-state index >= 15 is 0 Å². The Kier molecular flexibility index (Phi) is 6.47. The molecule has 0 aliphatic heterocycles. The number of hydrogen-bond acceptors (Lipinski definition) is 4. The van der Waals surface area contributed by atoms with Crippen LogP contribution in [-0.2, 0) is 6.54 Å². The molecule has 0 fully saturated rings. The Morgan fingerprint density at radius 1 is 1.17 bits per heavy atom. The fraction of sp³-hybridized carbons (Fsp3) is 0.238. The normalized spacial score (nSPS) is 12.0. The van der Waals surface area contributed by atoms with Gasteiger partial charge in [-0.05, 0) is 50.2 Å². The minimum atomic E-state index is -0.932. The molecule has 0 amide bonds. The predicted octanol–water partition coefficient (Wildman–Crippen LogP) is 3.90. The van der Waals surface area contributed by atoms with Crippen molar-refractivity contribution in [2.75, 3.05) is 6.61 Å². The van der Waals surface area contributed by atoms with Crippen molar-refractivity contribution in [3.8, 4) is 11.4 Å². The van der Waals surface area contributed by atoms with Crippen LogP contribution >= 0.6 is 23.2 Å². The van der Waals surface area contributed by atoms with E-state index in [9.17, 15) is 14.7 Å². The molecule has 0 saturated heterocycles. The molecule has 2 aromatic carbocycles. The molecule has 29 heavy (non-hydrogen) atoms. The van der Waals surface area contributed by atoms with Crippen LogP contribution in [0, 0.1) is 6.92 Å². The molecule has 0 aliphatic carbocycles. The largest absolute Gasteiger partial charge is 0.489 e. The Morgan fingerprint density at radius 3 is 2.52 bits per heavy atom. The van der Waals surface area contributed by atoms with Crippen LogP contribution in [0.1, 0.15) is 23.0 Å². The standard InChI is InChI=1S/C21H20Cl2N2O4/c1-13-10-24(11-18(27)12-29-20-9-16(22)5-8-19(20)23)21(28)25(13)17-6-3-15(4-7-17)14(2)26/h3-10,18,27H,11-12H2,1-2H3/t18-/m1/s1. The van der Waals surface area contributed by atoms with Crippen LogP contribution in [0.4, 0.5) is 0 Å². The van der Waals surface area contributed by atoms with Gasteiger partial charge < -0.3 is 9.84 Å². The second-order valence-electron chi connectivity index (χ2n) is 6.68. The molecule has 152 valence electrons. The summed E-state index contributed by atoms with van der Waals surface area (Å²) in [5.41, 5.74) is 1.63. The van der Waals surface area contributed by atoms with Gasteiger partial charge in [-0.15, -0.1) is 0 Å². The SMILES string of the molecule is CC(=O)c1ccc(-n2c(C)cn(C[C@@H](O)COc3cc(Cl)ccc3Cl)c2=O)cc1. The van der Waals surface area contributed by atoms with Crippen molar-refractivity contribution in [1.82, 2.24) is 9.13 Å². The lowest BCUT2D eigenvalue weighted by atomic mass is 10.1. The molecular weight excluding hydrogens is 415 g/mol. The molecule has 0 spiro atoms. The van der Waals surface area contributed by atoms with E-state index in [2.05, 4.69) is 0 Å². The van der Waals surface area contributed by atoms with Crippen molar-refractivity contribution < 1.29 is 14.6 Å². The number of halogens is 2. The van der Waals surface area contributed by atoms with E-state index < -0.39 is 6.10 Å². The van der Waals surface area contributed by atoms with Crippen molar-refractivity contribution in [3.05, 3.63) is 80.4 Å². The number of carbonyl (C=O) groups excluding carboxylic acids is 1. The molecule has 1 aromatic heterocycles. The number of imidazole rings is 1. The number of aliphatic hydroxyl groups excluding tert-OH is 1. The number of aryl methyl sites for hydroxylation is 1. The van der Waals surface area contributed by atoms with Crippen molar-refractivity contribution in [3.63, 3.8) is 0 Å². The van der Waals surface area contributed by atoms with Crippen LogP contribution in [0.2, 0.25) is 10.0 Å². The highest BCUT2D eigenvalue weighted by atomic mass is 35.5. The second-order valence-corrected chi connectivity index (χ2v) is 7.53. The minimum absolute atomic E-state index is 0.0406. The van der Waals surface area contributed by atoms with Crippen molar-refractivity contribution >= 4 is 29.0 Å². The van der Waals surface area contributed by atoms with Gasteiger partial charge in [0.1, 0.15) is 18.5 Å². The van der Waals surface area contributed by atoms with Gasteiger partial charge in [0.05, 0.1) is 17.3 Å². The fourth-order valence-corrected chi connectivity index (χ4v) is 3.30. The number of carbonyl (C=O) groups is 1. The molecule has 6 nitrogen and oxygen atoms in total. The number of aromatic nitrogens is 2. The van der Waals surface area contributed by atoms with E-state index in [-0.39, 0.29) is 24.6 Å². The summed E-state index contributed by atoms with van der Waals surface area (Å²) in [7, 11) is 0. The lowest BCUT2D eigenvalue weighted by Crippen LogP contribution is -2.31. The lowest BCUT2D eigenvalue weighted by Gasteiger charge is -2.13. The summed E-state index contributed by atoms with van der Waals surface area (Å²) < 4.78 is 8.47. The summed E-state index contributed by atoms with van der Waals surface area (Å²) in [6.07, 6.45) is 0.731. The number of ketones is 1. The van der Waals surface area contributed by atoms with E-state index in [4.69, 9.17) is 27.9 Å². The third kappa shape index (κ3) is 4.90. The summed E-state index contributed by atoms with van der Waals surface area (Å²) in [6.45, 7) is 3.29. The third-order valence-electron chi connectivity index (χ3n) is 4.40. The van der Waals surface area contributed by atoms with Crippen molar-refractivity contribution in [2.24, 2.45) is 0 Å². The van der Waals surface area contributed by atoms with Crippen LogP contribution in [-0.4, -0.2) is 32.7 Å². The number of aliphatic hydroxyl groups is 1. The molecule has 0 radical (unpaired) electrons. The number of hydrogen-bond donors (Lipinski definition) is 1. The highest BCUT2D eigenvalue weighted by molar-refractivity contribution is 6.34. The van der Waals surface area contributed by atoms with Crippen LogP contribution in [0.25, 0.3) is 5.69 Å². The number of nitrogens with zero attached hydrogens (tertiary/aromatic N) is 2. The Hall–Kier alpha value is -2.54. The molecule has 3 rings (SSSR count). The van der Waals surface area contributed by atoms with E-state index in [1.54, 1.807) is 55.6 Å². The molecule has 0 unspecified atom stereocenters.